The molecular weight excluding hydrogens is 354 g/mol. The molecule has 1 amide bonds. The van der Waals surface area contributed by atoms with E-state index >= 15 is 0 Å². The highest BCUT2D eigenvalue weighted by Gasteiger charge is 2.43. The highest BCUT2D eigenvalue weighted by atomic mass is 32.1. The van der Waals surface area contributed by atoms with E-state index in [4.69, 9.17) is 4.98 Å². The number of carbonyl (C=O) groups excluding carboxylic acids is 1. The number of rotatable bonds is 4. The molecule has 2 aliphatic heterocycles. The topological polar surface area (TPSA) is 36.4 Å². The van der Waals surface area contributed by atoms with Crippen molar-refractivity contribution < 1.29 is 4.79 Å². The van der Waals surface area contributed by atoms with Crippen molar-refractivity contribution in [3.05, 3.63) is 64.7 Å². The lowest BCUT2D eigenvalue weighted by Crippen LogP contribution is -2.47. The van der Waals surface area contributed by atoms with Crippen molar-refractivity contribution in [2.45, 2.75) is 38.4 Å². The molecule has 138 valence electrons. The second kappa shape index (κ2) is 6.73. The molecule has 2 saturated heterocycles. The molecular formula is C22H23N3OS. The largest absolute Gasteiger partial charge is 0.337 e. The number of para-hydroxylation sites is 1. The van der Waals surface area contributed by atoms with Crippen LogP contribution in [0.3, 0.4) is 0 Å². The molecule has 0 radical (unpaired) electrons. The number of thiazole rings is 1. The van der Waals surface area contributed by atoms with Gasteiger partial charge in [0.05, 0.1) is 15.2 Å². The number of carbonyl (C=O) groups is 1. The van der Waals surface area contributed by atoms with Gasteiger partial charge in [0.25, 0.3) is 0 Å². The summed E-state index contributed by atoms with van der Waals surface area (Å²) >= 11 is 1.78. The molecule has 3 heterocycles. The molecule has 27 heavy (non-hydrogen) atoms. The number of fused-ring (bicyclic) bond motifs is 3. The van der Waals surface area contributed by atoms with E-state index in [2.05, 4.69) is 47.4 Å². The first kappa shape index (κ1) is 16.9. The molecule has 5 rings (SSSR count). The minimum absolute atomic E-state index is 0.223. The zero-order chi connectivity index (χ0) is 18.4. The minimum Gasteiger partial charge on any atom is -0.337 e. The van der Waals surface area contributed by atoms with E-state index in [0.29, 0.717) is 12.1 Å². The summed E-state index contributed by atoms with van der Waals surface area (Å²) in [5.74, 6) is 0.223. The van der Waals surface area contributed by atoms with Crippen molar-refractivity contribution in [3.63, 3.8) is 0 Å². The summed E-state index contributed by atoms with van der Waals surface area (Å²) in [6.45, 7) is 4.58. The summed E-state index contributed by atoms with van der Waals surface area (Å²) in [4.78, 5) is 21.0. The Balaban J connectivity index is 1.23. The summed E-state index contributed by atoms with van der Waals surface area (Å²) in [6.07, 6.45) is 2.02. The van der Waals surface area contributed by atoms with E-state index < -0.39 is 0 Å². The fourth-order valence-electron chi connectivity index (χ4n) is 4.50. The fraction of sp³-hybridized carbons (Fsp3) is 0.364. The summed E-state index contributed by atoms with van der Waals surface area (Å²) < 4.78 is 1.26. The molecule has 0 saturated carbocycles. The van der Waals surface area contributed by atoms with Gasteiger partial charge in [-0.2, -0.15) is 0 Å². The maximum absolute atomic E-state index is 11.6. The molecule has 0 aliphatic carbocycles. The second-order valence-electron chi connectivity index (χ2n) is 7.71. The first-order chi connectivity index (χ1) is 13.2. The van der Waals surface area contributed by atoms with E-state index in [0.717, 1.165) is 38.0 Å². The first-order valence-electron chi connectivity index (χ1n) is 9.59. The number of hydrogen-bond donors (Lipinski definition) is 0. The van der Waals surface area contributed by atoms with E-state index in [1.165, 1.54) is 20.8 Å². The predicted molar refractivity (Wildman–Crippen MR) is 109 cm³/mol. The Morgan fingerprint density at radius 3 is 2.56 bits per heavy atom. The molecule has 5 heteroatoms. The zero-order valence-corrected chi connectivity index (χ0v) is 16.3. The fourth-order valence-corrected chi connectivity index (χ4v) is 5.50. The standard InChI is InChI=1S/C22H23N3OS/c1-15(26)25-14-18-11-19(25)13-24(18)12-17-8-6-16(7-9-17)10-22-23-20-4-2-3-5-21(20)27-22/h2-9,18-19H,10-14H2,1H3/t18-,19+/m1/s1. The van der Waals surface area contributed by atoms with Crippen LogP contribution >= 0.6 is 11.3 Å². The van der Waals surface area contributed by atoms with Crippen molar-refractivity contribution in [2.75, 3.05) is 13.1 Å². The van der Waals surface area contributed by atoms with E-state index in [1.807, 2.05) is 11.0 Å². The molecule has 2 fully saturated rings. The van der Waals surface area contributed by atoms with E-state index in [9.17, 15) is 4.79 Å². The summed E-state index contributed by atoms with van der Waals surface area (Å²) in [5.41, 5.74) is 3.76. The number of nitrogens with zero attached hydrogens (tertiary/aromatic N) is 3. The number of hydrogen-bond acceptors (Lipinski definition) is 4. The van der Waals surface area contributed by atoms with Gasteiger partial charge in [0.1, 0.15) is 0 Å². The lowest BCUT2D eigenvalue weighted by Gasteiger charge is -2.33. The third kappa shape index (κ3) is 3.26. The average Bonchev–Trinajstić information content (AvgIpc) is 3.36. The molecule has 2 aromatic carbocycles. The average molecular weight is 378 g/mol. The van der Waals surface area contributed by atoms with Gasteiger partial charge in [-0.3, -0.25) is 9.69 Å². The van der Waals surface area contributed by atoms with Crippen LogP contribution in [0.15, 0.2) is 48.5 Å². The third-order valence-electron chi connectivity index (χ3n) is 5.86. The molecule has 2 bridgehead atoms. The third-order valence-corrected chi connectivity index (χ3v) is 6.90. The van der Waals surface area contributed by atoms with Gasteiger partial charge in [-0.15, -0.1) is 11.3 Å². The Hall–Kier alpha value is -2.24. The minimum atomic E-state index is 0.223. The predicted octanol–water partition coefficient (Wildman–Crippen LogP) is 3.69. The van der Waals surface area contributed by atoms with Crippen LogP contribution in [-0.4, -0.2) is 45.9 Å². The lowest BCUT2D eigenvalue weighted by molar-refractivity contribution is -0.131. The van der Waals surface area contributed by atoms with Gasteiger partial charge in [0.2, 0.25) is 5.91 Å². The van der Waals surface area contributed by atoms with Crippen LogP contribution in [0.4, 0.5) is 0 Å². The molecule has 0 N–H and O–H groups in total. The molecule has 1 aromatic heterocycles. The normalized spacial score (nSPS) is 22.0. The number of aromatic nitrogens is 1. The summed E-state index contributed by atoms with van der Waals surface area (Å²) in [5, 5.41) is 1.17. The summed E-state index contributed by atoms with van der Waals surface area (Å²) in [6, 6.07) is 18.2. The Morgan fingerprint density at radius 2 is 1.85 bits per heavy atom. The van der Waals surface area contributed by atoms with Gasteiger partial charge in [-0.25, -0.2) is 4.98 Å². The van der Waals surface area contributed by atoms with Gasteiger partial charge < -0.3 is 4.90 Å². The van der Waals surface area contributed by atoms with Crippen LogP contribution < -0.4 is 0 Å². The smallest absolute Gasteiger partial charge is 0.219 e. The maximum Gasteiger partial charge on any atom is 0.219 e. The Morgan fingerprint density at radius 1 is 1.07 bits per heavy atom. The van der Waals surface area contributed by atoms with Crippen LogP contribution in [-0.2, 0) is 17.8 Å². The Bertz CT molecular complexity index is 948. The monoisotopic (exact) mass is 377 g/mol. The van der Waals surface area contributed by atoms with Crippen LogP contribution in [0.25, 0.3) is 10.2 Å². The van der Waals surface area contributed by atoms with Gasteiger partial charge >= 0.3 is 0 Å². The van der Waals surface area contributed by atoms with Gasteiger partial charge in [0, 0.05) is 45.1 Å². The molecule has 2 atom stereocenters. The molecule has 4 nitrogen and oxygen atoms in total. The van der Waals surface area contributed by atoms with Crippen molar-refractivity contribution in [1.82, 2.24) is 14.8 Å². The Labute approximate surface area is 163 Å². The van der Waals surface area contributed by atoms with E-state index in [-0.39, 0.29) is 5.91 Å². The first-order valence-corrected chi connectivity index (χ1v) is 10.4. The van der Waals surface area contributed by atoms with Gasteiger partial charge in [-0.1, -0.05) is 36.4 Å². The van der Waals surface area contributed by atoms with Crippen LogP contribution in [0.1, 0.15) is 29.5 Å². The molecule has 0 unspecified atom stereocenters. The van der Waals surface area contributed by atoms with E-state index in [1.54, 1.807) is 18.3 Å². The van der Waals surface area contributed by atoms with Crippen LogP contribution in [0.2, 0.25) is 0 Å². The number of benzene rings is 2. The Kier molecular flexibility index (Phi) is 4.21. The summed E-state index contributed by atoms with van der Waals surface area (Å²) in [7, 11) is 0. The highest BCUT2D eigenvalue weighted by Crippen LogP contribution is 2.32. The number of amides is 1. The quantitative estimate of drug-likeness (QED) is 0.696. The second-order valence-corrected chi connectivity index (χ2v) is 8.83. The number of piperazine rings is 1. The lowest BCUT2D eigenvalue weighted by atomic mass is 10.1. The SMILES string of the molecule is CC(=O)N1C[C@H]2C[C@H]1CN2Cc1ccc(Cc2nc3ccccc3s2)cc1. The molecule has 0 spiro atoms. The van der Waals surface area contributed by atoms with Gasteiger partial charge in [0.15, 0.2) is 0 Å². The van der Waals surface area contributed by atoms with Crippen molar-refractivity contribution in [1.29, 1.82) is 0 Å². The number of likely N-dealkylation sites (tertiary alicyclic amines) is 2. The molecule has 3 aromatic rings. The highest BCUT2D eigenvalue weighted by molar-refractivity contribution is 7.18. The van der Waals surface area contributed by atoms with Gasteiger partial charge in [-0.05, 0) is 29.7 Å². The van der Waals surface area contributed by atoms with Crippen molar-refractivity contribution in [2.24, 2.45) is 0 Å². The maximum atomic E-state index is 11.6. The van der Waals surface area contributed by atoms with Crippen molar-refractivity contribution in [3.8, 4) is 0 Å². The zero-order valence-electron chi connectivity index (χ0n) is 15.5. The van der Waals surface area contributed by atoms with Crippen molar-refractivity contribution >= 4 is 27.5 Å². The van der Waals surface area contributed by atoms with Crippen LogP contribution in [0, 0.1) is 0 Å². The molecule has 2 aliphatic rings. The van der Waals surface area contributed by atoms with Crippen LogP contribution in [0.5, 0.6) is 0 Å².